The maximum absolute atomic E-state index is 10.6. The van der Waals surface area contributed by atoms with Gasteiger partial charge in [-0.15, -0.1) is 0 Å². The summed E-state index contributed by atoms with van der Waals surface area (Å²) in [4.78, 5) is 10.6. The van der Waals surface area contributed by atoms with Crippen molar-refractivity contribution in [3.05, 3.63) is 12.8 Å². The average molecular weight is 176 g/mol. The van der Waals surface area contributed by atoms with Gasteiger partial charge in [-0.05, 0) is 0 Å². The van der Waals surface area contributed by atoms with E-state index < -0.39 is 18.7 Å². The van der Waals surface area contributed by atoms with Crippen LogP contribution in [-0.4, -0.2) is 42.1 Å². The minimum atomic E-state index is -0.957. The fourth-order valence-corrected chi connectivity index (χ4v) is 0.458. The lowest BCUT2D eigenvalue weighted by Gasteiger charge is -2.06. The van der Waals surface area contributed by atoms with Gasteiger partial charge in [0, 0.05) is 0 Å². The van der Waals surface area contributed by atoms with Crippen LogP contribution in [0.2, 0.25) is 0 Å². The van der Waals surface area contributed by atoms with Crippen molar-refractivity contribution in [2.24, 2.45) is 0 Å². The predicted octanol–water partition coefficient (Wildman–Crippen LogP) is -0.957. The minimum absolute atomic E-state index is 0.0945. The summed E-state index contributed by atoms with van der Waals surface area (Å²) in [5.41, 5.74) is 0. The Morgan fingerprint density at radius 2 is 2.33 bits per heavy atom. The molecule has 0 spiro atoms. The summed E-state index contributed by atoms with van der Waals surface area (Å²) in [6, 6.07) is 0. The van der Waals surface area contributed by atoms with E-state index in [0.29, 0.717) is 0 Å². The topological polar surface area (TPSA) is 76.0 Å². The summed E-state index contributed by atoms with van der Waals surface area (Å²) in [6.07, 6.45) is 0.0373. The van der Waals surface area contributed by atoms with Crippen molar-refractivity contribution < 1.29 is 24.5 Å². The van der Waals surface area contributed by atoms with Gasteiger partial charge in [0.1, 0.15) is 12.7 Å². The van der Waals surface area contributed by atoms with Crippen LogP contribution in [0.3, 0.4) is 0 Å². The molecule has 0 aliphatic heterocycles. The summed E-state index contributed by atoms with van der Waals surface area (Å²) in [5.74, 6) is -0.588. The van der Waals surface area contributed by atoms with Gasteiger partial charge in [-0.1, -0.05) is 6.58 Å². The Balaban J connectivity index is 3.30. The summed E-state index contributed by atoms with van der Waals surface area (Å²) in [7, 11) is 0. The van der Waals surface area contributed by atoms with Crippen LogP contribution in [0.1, 0.15) is 0 Å². The quantitative estimate of drug-likeness (QED) is 0.403. The molecule has 2 N–H and O–H groups in total. The zero-order chi connectivity index (χ0) is 9.40. The zero-order valence-corrected chi connectivity index (χ0v) is 6.60. The second kappa shape index (κ2) is 6.78. The van der Waals surface area contributed by atoms with Crippen molar-refractivity contribution >= 4 is 5.97 Å². The molecular weight excluding hydrogens is 164 g/mol. The summed E-state index contributed by atoms with van der Waals surface area (Å²) in [5, 5.41) is 17.1. The Kier molecular flexibility index (Phi) is 6.26. The molecule has 0 rings (SSSR count). The monoisotopic (exact) mass is 176 g/mol. The second-order valence-corrected chi connectivity index (χ2v) is 2.01. The van der Waals surface area contributed by atoms with E-state index in [1.165, 1.54) is 0 Å². The van der Waals surface area contributed by atoms with Gasteiger partial charge in [-0.25, -0.2) is 4.79 Å². The third kappa shape index (κ3) is 5.84. The molecule has 0 radical (unpaired) electrons. The lowest BCUT2D eigenvalue weighted by Crippen LogP contribution is -2.22. The van der Waals surface area contributed by atoms with Gasteiger partial charge in [0.25, 0.3) is 0 Å². The van der Waals surface area contributed by atoms with E-state index in [0.717, 1.165) is 6.26 Å². The maximum Gasteiger partial charge on any atom is 0.336 e. The summed E-state index contributed by atoms with van der Waals surface area (Å²) >= 11 is 0. The lowest BCUT2D eigenvalue weighted by atomic mass is 10.4. The Morgan fingerprint density at radius 3 is 2.83 bits per heavy atom. The van der Waals surface area contributed by atoms with Gasteiger partial charge in [0.2, 0.25) is 0 Å². The molecule has 1 unspecified atom stereocenters. The third-order valence-corrected chi connectivity index (χ3v) is 0.956. The van der Waals surface area contributed by atoms with Gasteiger partial charge in [-0.2, -0.15) is 0 Å². The molecule has 0 aromatic rings. The number of carbonyl (C=O) groups is 1. The first-order valence-electron chi connectivity index (χ1n) is 3.37. The van der Waals surface area contributed by atoms with E-state index in [1.807, 2.05) is 0 Å². The fraction of sp³-hybridized carbons (Fsp3) is 0.571. The number of aliphatic hydroxyl groups is 2. The molecule has 12 heavy (non-hydrogen) atoms. The standard InChI is InChI=1S/C7H12O5/c1-2-12-7(10)5-11-4-6(9)3-8/h2,6,8-9H,1,3-5H2. The number of ether oxygens (including phenoxy) is 2. The summed E-state index contributed by atoms with van der Waals surface area (Å²) in [6.45, 7) is 2.42. The molecule has 0 bridgehead atoms. The molecule has 0 saturated carbocycles. The first-order valence-corrected chi connectivity index (χ1v) is 3.37. The lowest BCUT2D eigenvalue weighted by molar-refractivity contribution is -0.144. The van der Waals surface area contributed by atoms with Crippen molar-refractivity contribution in [3.63, 3.8) is 0 Å². The van der Waals surface area contributed by atoms with E-state index in [9.17, 15) is 4.79 Å². The average Bonchev–Trinajstić information content (AvgIpc) is 2.04. The van der Waals surface area contributed by atoms with Crippen molar-refractivity contribution in [2.75, 3.05) is 19.8 Å². The Bertz CT molecular complexity index is 145. The highest BCUT2D eigenvalue weighted by atomic mass is 16.6. The molecule has 5 heteroatoms. The molecule has 5 nitrogen and oxygen atoms in total. The zero-order valence-electron chi connectivity index (χ0n) is 6.60. The van der Waals surface area contributed by atoms with Crippen LogP contribution in [0.5, 0.6) is 0 Å². The Hall–Kier alpha value is -0.910. The highest BCUT2D eigenvalue weighted by molar-refractivity contribution is 5.71. The van der Waals surface area contributed by atoms with E-state index in [1.54, 1.807) is 0 Å². The van der Waals surface area contributed by atoms with Crippen LogP contribution >= 0.6 is 0 Å². The summed E-state index contributed by atoms with van der Waals surface area (Å²) < 4.78 is 8.98. The number of hydrogen-bond donors (Lipinski definition) is 2. The van der Waals surface area contributed by atoms with Crippen molar-refractivity contribution in [1.82, 2.24) is 0 Å². The molecular formula is C7H12O5. The number of aliphatic hydroxyl groups excluding tert-OH is 2. The SMILES string of the molecule is C=COC(=O)COCC(O)CO. The first kappa shape index (κ1) is 11.1. The molecule has 0 aliphatic carbocycles. The Morgan fingerprint density at radius 1 is 1.67 bits per heavy atom. The number of hydrogen-bond acceptors (Lipinski definition) is 5. The number of carbonyl (C=O) groups excluding carboxylic acids is 1. The van der Waals surface area contributed by atoms with E-state index >= 15 is 0 Å². The first-order chi connectivity index (χ1) is 5.70. The molecule has 70 valence electrons. The molecule has 0 heterocycles. The molecule has 0 aromatic heterocycles. The van der Waals surface area contributed by atoms with Crippen LogP contribution in [0.25, 0.3) is 0 Å². The molecule has 0 saturated heterocycles. The van der Waals surface area contributed by atoms with E-state index in [4.69, 9.17) is 10.2 Å². The highest BCUT2D eigenvalue weighted by Gasteiger charge is 2.04. The van der Waals surface area contributed by atoms with Crippen molar-refractivity contribution in [1.29, 1.82) is 0 Å². The van der Waals surface area contributed by atoms with Crippen LogP contribution in [0, 0.1) is 0 Å². The minimum Gasteiger partial charge on any atom is -0.433 e. The smallest absolute Gasteiger partial charge is 0.336 e. The molecule has 1 atom stereocenters. The van der Waals surface area contributed by atoms with E-state index in [2.05, 4.69) is 16.1 Å². The number of rotatable bonds is 6. The largest absolute Gasteiger partial charge is 0.433 e. The highest BCUT2D eigenvalue weighted by Crippen LogP contribution is 1.85. The molecule has 0 amide bonds. The van der Waals surface area contributed by atoms with Gasteiger partial charge < -0.3 is 19.7 Å². The van der Waals surface area contributed by atoms with Gasteiger partial charge in [0.05, 0.1) is 19.5 Å². The fourth-order valence-electron chi connectivity index (χ4n) is 0.458. The Labute approximate surface area is 70.2 Å². The van der Waals surface area contributed by atoms with Crippen LogP contribution in [0.15, 0.2) is 12.8 Å². The normalized spacial score (nSPS) is 12.2. The van der Waals surface area contributed by atoms with Crippen LogP contribution in [0.4, 0.5) is 0 Å². The molecule has 0 fully saturated rings. The van der Waals surface area contributed by atoms with Gasteiger partial charge in [0.15, 0.2) is 0 Å². The second-order valence-electron chi connectivity index (χ2n) is 2.01. The van der Waals surface area contributed by atoms with Crippen molar-refractivity contribution in [3.8, 4) is 0 Å². The third-order valence-electron chi connectivity index (χ3n) is 0.956. The molecule has 0 aromatic carbocycles. The van der Waals surface area contributed by atoms with Gasteiger partial charge >= 0.3 is 5.97 Å². The predicted molar refractivity (Wildman–Crippen MR) is 40.2 cm³/mol. The van der Waals surface area contributed by atoms with Crippen molar-refractivity contribution in [2.45, 2.75) is 6.10 Å². The molecule has 0 aliphatic rings. The van der Waals surface area contributed by atoms with Crippen LogP contribution in [-0.2, 0) is 14.3 Å². The van der Waals surface area contributed by atoms with E-state index in [-0.39, 0.29) is 13.2 Å². The number of esters is 1. The maximum atomic E-state index is 10.6. The van der Waals surface area contributed by atoms with Crippen LogP contribution < -0.4 is 0 Å². The van der Waals surface area contributed by atoms with Gasteiger partial charge in [-0.3, -0.25) is 0 Å².